The summed E-state index contributed by atoms with van der Waals surface area (Å²) in [6, 6.07) is 58.8. The summed E-state index contributed by atoms with van der Waals surface area (Å²) in [4.78, 5) is 9.04. The average molecular weight is 776 g/mol. The second kappa shape index (κ2) is 12.4. The van der Waals surface area contributed by atoms with Crippen LogP contribution in [0.15, 0.2) is 181 Å². The lowest BCUT2D eigenvalue weighted by Gasteiger charge is -2.25. The van der Waals surface area contributed by atoms with Crippen molar-refractivity contribution in [1.29, 1.82) is 5.26 Å². The smallest absolute Gasteiger partial charge is 0.220 e. The van der Waals surface area contributed by atoms with Gasteiger partial charge in [0.25, 0.3) is 0 Å². The van der Waals surface area contributed by atoms with Gasteiger partial charge in [0, 0.05) is 61.2 Å². The van der Waals surface area contributed by atoms with Gasteiger partial charge in [0.1, 0.15) is 17.2 Å². The largest absolute Gasteiger partial charge is 0.456 e. The molecule has 9 aromatic carbocycles. The fourth-order valence-corrected chi connectivity index (χ4v) is 10.2. The van der Waals surface area contributed by atoms with Crippen LogP contribution in [0.5, 0.6) is 0 Å². The van der Waals surface area contributed by atoms with E-state index in [0.717, 1.165) is 104 Å². The summed E-state index contributed by atoms with van der Waals surface area (Å²) in [5.41, 5.74) is 10.8. The molecule has 13 aromatic rings. The van der Waals surface area contributed by atoms with Gasteiger partial charge in [-0.3, -0.25) is 4.98 Å². The zero-order chi connectivity index (χ0) is 40.3. The van der Waals surface area contributed by atoms with Gasteiger partial charge in [0.05, 0.1) is 45.6 Å². The minimum absolute atomic E-state index is 0.405. The third-order valence-corrected chi connectivity index (χ3v) is 12.6. The number of furan rings is 1. The van der Waals surface area contributed by atoms with Crippen LogP contribution in [0.2, 0.25) is 0 Å². The number of benzene rings is 9. The van der Waals surface area contributed by atoms with Crippen molar-refractivity contribution in [2.75, 3.05) is 0 Å². The van der Waals surface area contributed by atoms with E-state index in [2.05, 4.69) is 122 Å². The first-order valence-corrected chi connectivity index (χ1v) is 20.2. The van der Waals surface area contributed by atoms with Crippen molar-refractivity contribution in [2.24, 2.45) is 0 Å². The molecule has 0 N–H and O–H groups in total. The number of pyridine rings is 1. The van der Waals surface area contributed by atoms with Gasteiger partial charge in [0.2, 0.25) is 5.69 Å². The highest BCUT2D eigenvalue weighted by molar-refractivity contribution is 6.34. The Morgan fingerprint density at radius 3 is 1.82 bits per heavy atom. The zero-order valence-corrected chi connectivity index (χ0v) is 32.4. The van der Waals surface area contributed by atoms with Crippen molar-refractivity contribution >= 4 is 92.8 Å². The molecule has 61 heavy (non-hydrogen) atoms. The van der Waals surface area contributed by atoms with Gasteiger partial charge in [-0.2, -0.15) is 5.26 Å². The Kier molecular flexibility index (Phi) is 6.76. The van der Waals surface area contributed by atoms with Gasteiger partial charge in [-0.15, -0.1) is 0 Å². The highest BCUT2D eigenvalue weighted by Crippen LogP contribution is 2.53. The Labute approximate surface area is 348 Å². The summed E-state index contributed by atoms with van der Waals surface area (Å²) in [6.45, 7) is 9.16. The summed E-state index contributed by atoms with van der Waals surface area (Å²) < 4.78 is 11.0. The third-order valence-electron chi connectivity index (χ3n) is 12.6. The molecule has 0 saturated carbocycles. The molecular formula is C55H29N5O. The molecule has 0 amide bonds. The molecule has 0 saturated heterocycles. The summed E-state index contributed by atoms with van der Waals surface area (Å²) in [5.74, 6) is 0. The molecular weight excluding hydrogens is 747 g/mol. The normalized spacial score (nSPS) is 11.9. The molecule has 0 bridgehead atoms. The van der Waals surface area contributed by atoms with Crippen molar-refractivity contribution in [3.8, 4) is 39.7 Å². The number of hydrogen-bond donors (Lipinski definition) is 0. The minimum atomic E-state index is 0.405. The second-order valence-corrected chi connectivity index (χ2v) is 15.6. The molecule has 13 rings (SSSR count). The molecule has 6 heteroatoms. The van der Waals surface area contributed by atoms with Crippen molar-refractivity contribution < 1.29 is 4.42 Å². The summed E-state index contributed by atoms with van der Waals surface area (Å²) >= 11 is 0. The molecule has 0 unspecified atom stereocenters. The molecule has 4 heterocycles. The van der Waals surface area contributed by atoms with E-state index in [-0.39, 0.29) is 0 Å². The fraction of sp³-hybridized carbons (Fsp3) is 0. The molecule has 0 spiro atoms. The van der Waals surface area contributed by atoms with E-state index in [1.54, 1.807) is 0 Å². The number of para-hydroxylation sites is 2. The Balaban J connectivity index is 1.32. The van der Waals surface area contributed by atoms with E-state index in [0.29, 0.717) is 28.2 Å². The Bertz CT molecular complexity index is 3980. The van der Waals surface area contributed by atoms with Gasteiger partial charge in [-0.1, -0.05) is 121 Å². The van der Waals surface area contributed by atoms with Crippen LogP contribution in [0.25, 0.3) is 126 Å². The molecule has 0 fully saturated rings. The first-order chi connectivity index (χ1) is 30.2. The van der Waals surface area contributed by atoms with Crippen LogP contribution in [0, 0.1) is 17.9 Å². The Hall–Kier alpha value is -8.71. The number of nitriles is 1. The highest BCUT2D eigenvalue weighted by Gasteiger charge is 2.32. The highest BCUT2D eigenvalue weighted by atomic mass is 16.3. The third kappa shape index (κ3) is 4.40. The van der Waals surface area contributed by atoms with Crippen molar-refractivity contribution in [3.63, 3.8) is 0 Å². The quantitative estimate of drug-likeness (QED) is 0.132. The Morgan fingerprint density at radius 2 is 1.10 bits per heavy atom. The maximum absolute atomic E-state index is 11.7. The molecule has 0 aliphatic rings. The standard InChI is InChI=1S/C55H29N5O/c1-57-53-49(32-14-4-2-5-15-32)41(30-56)54(59-43-22-10-8-18-35(43)39-29-48-40(28-46(39)59)36-19-9-11-25-47(36)61-48)50(33-16-6-3-7-17-33)55(53)60-44-23-12-20-37-34-26-27-58-31-42(34)38-21-13-24-45(60)52(38)51(37)44/h2-29,31H. The SMILES string of the molecule is [C-]#[N+]c1c(-c2ccccc2)c(C#N)c(-n2c3ccccc3c3cc4oc5ccccc5c4cc32)c(-c2ccccc2)c1-n1c2cccc3c4ccncc4c4cccc1c4c32. The maximum atomic E-state index is 11.7. The average Bonchev–Trinajstić information content (AvgIpc) is 3.97. The van der Waals surface area contributed by atoms with Crippen LogP contribution in [-0.2, 0) is 0 Å². The van der Waals surface area contributed by atoms with E-state index in [4.69, 9.17) is 11.0 Å². The predicted octanol–water partition coefficient (Wildman–Crippen LogP) is 14.7. The van der Waals surface area contributed by atoms with Gasteiger partial charge in [-0.05, 0) is 69.8 Å². The number of hydrogen-bond acceptors (Lipinski definition) is 3. The zero-order valence-electron chi connectivity index (χ0n) is 32.4. The molecule has 0 radical (unpaired) electrons. The lowest BCUT2D eigenvalue weighted by Crippen LogP contribution is -2.08. The van der Waals surface area contributed by atoms with Gasteiger partial charge < -0.3 is 13.6 Å². The van der Waals surface area contributed by atoms with Gasteiger partial charge >= 0.3 is 0 Å². The van der Waals surface area contributed by atoms with Crippen molar-refractivity contribution in [1.82, 2.24) is 14.1 Å². The molecule has 6 nitrogen and oxygen atoms in total. The van der Waals surface area contributed by atoms with E-state index < -0.39 is 0 Å². The molecule has 4 aromatic heterocycles. The number of aromatic nitrogens is 3. The monoisotopic (exact) mass is 775 g/mol. The fourth-order valence-electron chi connectivity index (χ4n) is 10.2. The first-order valence-electron chi connectivity index (χ1n) is 20.2. The van der Waals surface area contributed by atoms with E-state index in [1.807, 2.05) is 79.1 Å². The first kappa shape index (κ1) is 33.3. The topological polar surface area (TPSA) is 64.0 Å². The summed E-state index contributed by atoms with van der Waals surface area (Å²) in [6.07, 6.45) is 3.81. The van der Waals surface area contributed by atoms with E-state index in [9.17, 15) is 5.26 Å². The number of nitrogens with zero attached hydrogens (tertiary/aromatic N) is 5. The van der Waals surface area contributed by atoms with Crippen LogP contribution in [0.4, 0.5) is 5.69 Å². The predicted molar refractivity (Wildman–Crippen MR) is 248 cm³/mol. The van der Waals surface area contributed by atoms with Crippen LogP contribution in [-0.4, -0.2) is 14.1 Å². The van der Waals surface area contributed by atoms with Gasteiger partial charge in [0.15, 0.2) is 0 Å². The number of rotatable bonds is 4. The second-order valence-electron chi connectivity index (χ2n) is 15.6. The van der Waals surface area contributed by atoms with E-state index in [1.165, 1.54) is 0 Å². The lowest BCUT2D eigenvalue weighted by atomic mass is 9.88. The van der Waals surface area contributed by atoms with Crippen molar-refractivity contribution in [3.05, 3.63) is 193 Å². The molecule has 0 aliphatic heterocycles. The van der Waals surface area contributed by atoms with Gasteiger partial charge in [-0.25, -0.2) is 4.85 Å². The summed E-state index contributed by atoms with van der Waals surface area (Å²) in [5, 5.41) is 22.4. The van der Waals surface area contributed by atoms with Crippen LogP contribution < -0.4 is 0 Å². The van der Waals surface area contributed by atoms with Crippen LogP contribution in [0.1, 0.15) is 5.56 Å². The molecule has 280 valence electrons. The lowest BCUT2D eigenvalue weighted by molar-refractivity contribution is 0.669. The van der Waals surface area contributed by atoms with Crippen molar-refractivity contribution in [2.45, 2.75) is 0 Å². The Morgan fingerprint density at radius 1 is 0.492 bits per heavy atom. The molecule has 0 aliphatic carbocycles. The van der Waals surface area contributed by atoms with E-state index >= 15 is 0 Å². The molecule has 0 atom stereocenters. The minimum Gasteiger partial charge on any atom is -0.456 e. The maximum Gasteiger partial charge on any atom is 0.220 e. The summed E-state index contributed by atoms with van der Waals surface area (Å²) in [7, 11) is 0. The van der Waals surface area contributed by atoms with Crippen LogP contribution >= 0.6 is 0 Å². The van der Waals surface area contributed by atoms with Crippen LogP contribution in [0.3, 0.4) is 0 Å². The number of fused-ring (bicyclic) bond motifs is 9.